The van der Waals surface area contributed by atoms with Gasteiger partial charge in [-0.15, -0.1) is 0 Å². The molecule has 0 bridgehead atoms. The SMILES string of the molecule is O=C(O)c1cncc(-c2ccc3c(c2)CCO3)c1. The molecule has 1 aromatic carbocycles. The van der Waals surface area contributed by atoms with Gasteiger partial charge in [0.15, 0.2) is 0 Å². The molecule has 18 heavy (non-hydrogen) atoms. The molecule has 4 nitrogen and oxygen atoms in total. The highest BCUT2D eigenvalue weighted by Crippen LogP contribution is 2.30. The maximum absolute atomic E-state index is 10.9. The van der Waals surface area contributed by atoms with Crippen molar-refractivity contribution >= 4 is 5.97 Å². The van der Waals surface area contributed by atoms with E-state index >= 15 is 0 Å². The summed E-state index contributed by atoms with van der Waals surface area (Å²) in [6.45, 7) is 0.714. The summed E-state index contributed by atoms with van der Waals surface area (Å²) in [5.74, 6) is -0.0464. The van der Waals surface area contributed by atoms with E-state index in [1.165, 1.54) is 6.20 Å². The number of fused-ring (bicyclic) bond motifs is 1. The number of carboxylic acid groups (broad SMARTS) is 1. The van der Waals surface area contributed by atoms with Crippen molar-refractivity contribution in [2.75, 3.05) is 6.61 Å². The van der Waals surface area contributed by atoms with Crippen LogP contribution in [-0.4, -0.2) is 22.7 Å². The van der Waals surface area contributed by atoms with Crippen molar-refractivity contribution in [1.29, 1.82) is 0 Å². The van der Waals surface area contributed by atoms with E-state index in [1.807, 2.05) is 18.2 Å². The number of pyridine rings is 1. The van der Waals surface area contributed by atoms with Crippen molar-refractivity contribution in [2.24, 2.45) is 0 Å². The van der Waals surface area contributed by atoms with Crippen LogP contribution >= 0.6 is 0 Å². The largest absolute Gasteiger partial charge is 0.493 e. The summed E-state index contributed by atoms with van der Waals surface area (Å²) < 4.78 is 5.44. The lowest BCUT2D eigenvalue weighted by Crippen LogP contribution is -1.97. The standard InChI is InChI=1S/C14H11NO3/c16-14(17)12-6-11(7-15-8-12)9-1-2-13-10(5-9)3-4-18-13/h1-2,5-8H,3-4H2,(H,16,17). The van der Waals surface area contributed by atoms with Gasteiger partial charge in [-0.25, -0.2) is 4.79 Å². The molecule has 0 amide bonds. The van der Waals surface area contributed by atoms with Gasteiger partial charge in [-0.3, -0.25) is 4.98 Å². The molecule has 0 aliphatic carbocycles. The molecule has 0 fully saturated rings. The number of hydrogen-bond donors (Lipinski definition) is 1. The summed E-state index contributed by atoms with van der Waals surface area (Å²) in [5, 5.41) is 8.95. The Labute approximate surface area is 104 Å². The first-order chi connectivity index (χ1) is 8.74. The monoisotopic (exact) mass is 241 g/mol. The van der Waals surface area contributed by atoms with Crippen molar-refractivity contribution in [1.82, 2.24) is 4.98 Å². The summed E-state index contributed by atoms with van der Waals surface area (Å²) in [6.07, 6.45) is 3.92. The molecule has 1 aliphatic heterocycles. The van der Waals surface area contributed by atoms with E-state index in [4.69, 9.17) is 9.84 Å². The highest BCUT2D eigenvalue weighted by atomic mass is 16.5. The Morgan fingerprint density at radius 1 is 1.22 bits per heavy atom. The molecule has 4 heteroatoms. The zero-order valence-corrected chi connectivity index (χ0v) is 9.59. The van der Waals surface area contributed by atoms with Crippen LogP contribution in [0, 0.1) is 0 Å². The van der Waals surface area contributed by atoms with Crippen LogP contribution in [0.4, 0.5) is 0 Å². The third-order valence-electron chi connectivity index (χ3n) is 3.01. The third-order valence-corrected chi connectivity index (χ3v) is 3.01. The van der Waals surface area contributed by atoms with Crippen LogP contribution in [0.2, 0.25) is 0 Å². The Morgan fingerprint density at radius 3 is 2.94 bits per heavy atom. The molecular weight excluding hydrogens is 230 g/mol. The second-order valence-electron chi connectivity index (χ2n) is 4.19. The molecule has 0 radical (unpaired) electrons. The topological polar surface area (TPSA) is 59.4 Å². The maximum Gasteiger partial charge on any atom is 0.337 e. The molecule has 0 unspecified atom stereocenters. The van der Waals surface area contributed by atoms with E-state index in [0.717, 1.165) is 28.9 Å². The normalized spacial score (nSPS) is 12.9. The first-order valence-electron chi connectivity index (χ1n) is 5.68. The average molecular weight is 241 g/mol. The highest BCUT2D eigenvalue weighted by Gasteiger charge is 2.13. The minimum Gasteiger partial charge on any atom is -0.493 e. The molecule has 0 spiro atoms. The van der Waals surface area contributed by atoms with Gasteiger partial charge in [-0.1, -0.05) is 6.07 Å². The molecular formula is C14H11NO3. The quantitative estimate of drug-likeness (QED) is 0.876. The molecule has 0 atom stereocenters. The molecule has 1 aromatic heterocycles. The first-order valence-corrected chi connectivity index (χ1v) is 5.68. The number of carboxylic acids is 1. The van der Waals surface area contributed by atoms with Crippen molar-refractivity contribution in [3.8, 4) is 16.9 Å². The fourth-order valence-electron chi connectivity index (χ4n) is 2.08. The molecule has 2 aromatic rings. The van der Waals surface area contributed by atoms with Crippen LogP contribution < -0.4 is 4.74 Å². The van der Waals surface area contributed by atoms with Gasteiger partial charge >= 0.3 is 5.97 Å². The number of benzene rings is 1. The minimum atomic E-state index is -0.964. The lowest BCUT2D eigenvalue weighted by atomic mass is 10.0. The zero-order valence-electron chi connectivity index (χ0n) is 9.59. The summed E-state index contributed by atoms with van der Waals surface area (Å²) in [4.78, 5) is 14.9. The Morgan fingerprint density at radius 2 is 2.11 bits per heavy atom. The number of rotatable bonds is 2. The van der Waals surface area contributed by atoms with E-state index in [1.54, 1.807) is 12.3 Å². The fraction of sp³-hybridized carbons (Fsp3) is 0.143. The Bertz CT molecular complexity index is 622. The fourth-order valence-corrected chi connectivity index (χ4v) is 2.08. The predicted molar refractivity (Wildman–Crippen MR) is 65.8 cm³/mol. The number of nitrogens with zero attached hydrogens (tertiary/aromatic N) is 1. The van der Waals surface area contributed by atoms with E-state index < -0.39 is 5.97 Å². The molecule has 2 heterocycles. The van der Waals surface area contributed by atoms with Gasteiger partial charge in [-0.2, -0.15) is 0 Å². The molecule has 1 aliphatic rings. The minimum absolute atomic E-state index is 0.198. The molecule has 0 saturated heterocycles. The molecule has 90 valence electrons. The Hall–Kier alpha value is -2.36. The van der Waals surface area contributed by atoms with Crippen LogP contribution in [-0.2, 0) is 6.42 Å². The van der Waals surface area contributed by atoms with Gasteiger partial charge in [0.05, 0.1) is 12.2 Å². The summed E-state index contributed by atoms with van der Waals surface area (Å²) in [7, 11) is 0. The molecule has 0 saturated carbocycles. The van der Waals surface area contributed by atoms with Gasteiger partial charge in [0, 0.05) is 24.4 Å². The van der Waals surface area contributed by atoms with Gasteiger partial charge in [-0.05, 0) is 29.3 Å². The van der Waals surface area contributed by atoms with Crippen LogP contribution in [0.5, 0.6) is 5.75 Å². The Balaban J connectivity index is 2.04. The Kier molecular flexibility index (Phi) is 2.48. The molecule has 1 N–H and O–H groups in total. The number of aromatic carboxylic acids is 1. The predicted octanol–water partition coefficient (Wildman–Crippen LogP) is 2.38. The second-order valence-corrected chi connectivity index (χ2v) is 4.19. The van der Waals surface area contributed by atoms with Gasteiger partial charge in [0.25, 0.3) is 0 Å². The van der Waals surface area contributed by atoms with Crippen molar-refractivity contribution in [3.63, 3.8) is 0 Å². The van der Waals surface area contributed by atoms with Crippen LogP contribution in [0.25, 0.3) is 11.1 Å². The summed E-state index contributed by atoms with van der Waals surface area (Å²) in [5.41, 5.74) is 3.14. The first kappa shape index (κ1) is 10.8. The van der Waals surface area contributed by atoms with Crippen molar-refractivity contribution in [2.45, 2.75) is 6.42 Å². The smallest absolute Gasteiger partial charge is 0.337 e. The van der Waals surface area contributed by atoms with E-state index in [-0.39, 0.29) is 5.56 Å². The zero-order chi connectivity index (χ0) is 12.5. The van der Waals surface area contributed by atoms with E-state index in [0.29, 0.717) is 6.61 Å². The average Bonchev–Trinajstić information content (AvgIpc) is 2.86. The maximum atomic E-state index is 10.9. The lowest BCUT2D eigenvalue weighted by Gasteiger charge is -2.05. The second kappa shape index (κ2) is 4.14. The summed E-state index contributed by atoms with van der Waals surface area (Å²) >= 11 is 0. The lowest BCUT2D eigenvalue weighted by molar-refractivity contribution is 0.0696. The van der Waals surface area contributed by atoms with Crippen molar-refractivity contribution < 1.29 is 14.6 Å². The van der Waals surface area contributed by atoms with Crippen LogP contribution in [0.15, 0.2) is 36.7 Å². The van der Waals surface area contributed by atoms with E-state index in [2.05, 4.69) is 4.98 Å². The highest BCUT2D eigenvalue weighted by molar-refractivity contribution is 5.88. The number of ether oxygens (including phenoxy) is 1. The summed E-state index contributed by atoms with van der Waals surface area (Å²) in [6, 6.07) is 7.51. The third kappa shape index (κ3) is 1.82. The number of hydrogen-bond acceptors (Lipinski definition) is 3. The van der Waals surface area contributed by atoms with Gasteiger partial charge in [0.1, 0.15) is 5.75 Å². The number of carbonyl (C=O) groups is 1. The van der Waals surface area contributed by atoms with Gasteiger partial charge in [0.2, 0.25) is 0 Å². The van der Waals surface area contributed by atoms with Crippen molar-refractivity contribution in [3.05, 3.63) is 47.8 Å². The van der Waals surface area contributed by atoms with Gasteiger partial charge < -0.3 is 9.84 Å². The van der Waals surface area contributed by atoms with Crippen LogP contribution in [0.1, 0.15) is 15.9 Å². The van der Waals surface area contributed by atoms with Crippen LogP contribution in [0.3, 0.4) is 0 Å². The van der Waals surface area contributed by atoms with E-state index in [9.17, 15) is 4.79 Å². The molecule has 3 rings (SSSR count). The number of aromatic nitrogens is 1.